The number of nitrogens with two attached hydrogens (primary N) is 1. The molecule has 0 spiro atoms. The number of fused-ring (bicyclic) bond motifs is 5. The molecule has 4 rings (SSSR count). The first-order valence-electron chi connectivity index (χ1n) is 11.9. The van der Waals surface area contributed by atoms with Gasteiger partial charge >= 0.3 is 0 Å². The van der Waals surface area contributed by atoms with Crippen molar-refractivity contribution in [2.75, 3.05) is 19.7 Å². The standard InChI is InChI=1S/C24H39N3O3/c1-15(28)26-14-16-12-18-19-4-5-22(29)24(19,3)9-7-20(18)23(2)8-6-17(13-21(16)23)27-30-11-10-25/h16,18-21H,4-14,25H2,1-3H3,(H,26,28)/b27-17-/t16-,18+,19+,20+,21?,23-,24+/m1/s1. The predicted molar refractivity (Wildman–Crippen MR) is 117 cm³/mol. The molecule has 30 heavy (non-hydrogen) atoms. The van der Waals surface area contributed by atoms with Gasteiger partial charge in [-0.05, 0) is 80.0 Å². The van der Waals surface area contributed by atoms with E-state index in [0.29, 0.717) is 48.5 Å². The Balaban J connectivity index is 1.61. The van der Waals surface area contributed by atoms with Crippen LogP contribution in [0.1, 0.15) is 72.1 Å². The lowest BCUT2D eigenvalue weighted by atomic mass is 9.43. The Morgan fingerprint density at radius 2 is 2.00 bits per heavy atom. The first kappa shape index (κ1) is 21.8. The fourth-order valence-electron chi connectivity index (χ4n) is 7.85. The molecule has 4 aliphatic carbocycles. The summed E-state index contributed by atoms with van der Waals surface area (Å²) in [4.78, 5) is 29.9. The van der Waals surface area contributed by atoms with Crippen LogP contribution in [0.5, 0.6) is 0 Å². The van der Waals surface area contributed by atoms with Crippen LogP contribution >= 0.6 is 0 Å². The van der Waals surface area contributed by atoms with Crippen LogP contribution in [0.2, 0.25) is 0 Å². The van der Waals surface area contributed by atoms with E-state index in [9.17, 15) is 9.59 Å². The Kier molecular flexibility index (Phi) is 5.99. The Morgan fingerprint density at radius 1 is 1.20 bits per heavy atom. The van der Waals surface area contributed by atoms with E-state index in [2.05, 4.69) is 24.3 Å². The third-order valence-corrected chi connectivity index (χ3v) is 9.41. The molecule has 0 heterocycles. The Labute approximate surface area is 180 Å². The van der Waals surface area contributed by atoms with Gasteiger partial charge in [0, 0.05) is 31.8 Å². The first-order valence-corrected chi connectivity index (χ1v) is 11.9. The number of hydrogen-bond acceptors (Lipinski definition) is 5. The highest BCUT2D eigenvalue weighted by atomic mass is 16.6. The van der Waals surface area contributed by atoms with Crippen molar-refractivity contribution < 1.29 is 14.4 Å². The molecule has 0 aromatic heterocycles. The average Bonchev–Trinajstić information content (AvgIpc) is 3.01. The molecule has 0 aromatic rings. The zero-order chi connectivity index (χ0) is 21.5. The summed E-state index contributed by atoms with van der Waals surface area (Å²) in [6.45, 7) is 8.00. The predicted octanol–water partition coefficient (Wildman–Crippen LogP) is 3.29. The molecule has 4 saturated carbocycles. The summed E-state index contributed by atoms with van der Waals surface area (Å²) in [5.41, 5.74) is 6.82. The molecule has 0 bridgehead atoms. The maximum absolute atomic E-state index is 12.7. The summed E-state index contributed by atoms with van der Waals surface area (Å²) in [6, 6.07) is 0. The number of ketones is 1. The van der Waals surface area contributed by atoms with Crippen LogP contribution in [0.25, 0.3) is 0 Å². The van der Waals surface area contributed by atoms with Crippen molar-refractivity contribution in [1.29, 1.82) is 0 Å². The summed E-state index contributed by atoms with van der Waals surface area (Å²) in [6.07, 6.45) is 8.22. The molecular formula is C24H39N3O3. The van der Waals surface area contributed by atoms with Gasteiger partial charge in [0.15, 0.2) is 0 Å². The molecule has 4 fully saturated rings. The zero-order valence-corrected chi connectivity index (χ0v) is 18.9. The van der Waals surface area contributed by atoms with Gasteiger partial charge in [0.25, 0.3) is 0 Å². The highest BCUT2D eigenvalue weighted by Gasteiger charge is 2.61. The highest BCUT2D eigenvalue weighted by molar-refractivity contribution is 5.87. The second-order valence-electron chi connectivity index (χ2n) is 10.8. The lowest BCUT2D eigenvalue weighted by Crippen LogP contribution is -2.57. The van der Waals surface area contributed by atoms with E-state index in [0.717, 1.165) is 57.2 Å². The molecule has 168 valence electrons. The van der Waals surface area contributed by atoms with Crippen LogP contribution in [-0.2, 0) is 14.4 Å². The minimum atomic E-state index is -0.111. The lowest BCUT2D eigenvalue weighted by Gasteiger charge is -2.61. The number of hydrogen-bond donors (Lipinski definition) is 2. The van der Waals surface area contributed by atoms with Crippen LogP contribution in [0, 0.1) is 40.4 Å². The van der Waals surface area contributed by atoms with Crippen molar-refractivity contribution in [1.82, 2.24) is 5.32 Å². The first-order chi connectivity index (χ1) is 14.3. The van der Waals surface area contributed by atoms with Gasteiger partial charge < -0.3 is 15.9 Å². The largest absolute Gasteiger partial charge is 0.395 e. The molecule has 6 nitrogen and oxygen atoms in total. The molecule has 7 atom stereocenters. The van der Waals surface area contributed by atoms with Gasteiger partial charge in [0.2, 0.25) is 5.91 Å². The molecule has 0 aromatic carbocycles. The van der Waals surface area contributed by atoms with Gasteiger partial charge in [-0.2, -0.15) is 0 Å². The molecule has 0 saturated heterocycles. The van der Waals surface area contributed by atoms with Crippen molar-refractivity contribution in [2.45, 2.75) is 72.1 Å². The van der Waals surface area contributed by atoms with Crippen molar-refractivity contribution >= 4 is 17.4 Å². The number of Topliss-reactive ketones (excluding diaryl/α,β-unsaturated/α-hetero) is 1. The summed E-state index contributed by atoms with van der Waals surface area (Å²) >= 11 is 0. The van der Waals surface area contributed by atoms with Crippen LogP contribution in [0.15, 0.2) is 5.16 Å². The summed E-state index contributed by atoms with van der Waals surface area (Å²) in [5, 5.41) is 7.52. The van der Waals surface area contributed by atoms with Crippen LogP contribution in [0.4, 0.5) is 0 Å². The second kappa shape index (κ2) is 8.25. The summed E-state index contributed by atoms with van der Waals surface area (Å²) in [7, 11) is 0. The van der Waals surface area contributed by atoms with E-state index in [1.54, 1.807) is 6.92 Å². The quantitative estimate of drug-likeness (QED) is 0.530. The minimum Gasteiger partial charge on any atom is -0.395 e. The fraction of sp³-hybridized carbons (Fsp3) is 0.875. The number of nitrogens with zero attached hydrogens (tertiary/aromatic N) is 1. The van der Waals surface area contributed by atoms with Gasteiger partial charge in [0.1, 0.15) is 12.4 Å². The summed E-state index contributed by atoms with van der Waals surface area (Å²) < 4.78 is 0. The monoisotopic (exact) mass is 417 g/mol. The maximum atomic E-state index is 12.7. The van der Waals surface area contributed by atoms with Crippen molar-refractivity contribution in [2.24, 2.45) is 51.3 Å². The molecule has 3 N–H and O–H groups in total. The number of amides is 1. The normalized spacial score (nSPS) is 44.2. The van der Waals surface area contributed by atoms with Gasteiger partial charge in [-0.25, -0.2) is 0 Å². The number of nitrogens with one attached hydrogen (secondary N) is 1. The SMILES string of the molecule is CC(=O)NC[C@H]1C[C@@H]2[C@H](CC[C@]3(C)C(=O)CC[C@@H]23)[C@@]2(C)CC/C(=N/OCCN)CC12. The van der Waals surface area contributed by atoms with Crippen molar-refractivity contribution in [3.63, 3.8) is 0 Å². The average molecular weight is 418 g/mol. The van der Waals surface area contributed by atoms with Crippen molar-refractivity contribution in [3.8, 4) is 0 Å². The number of carbonyl (C=O) groups excluding carboxylic acids is 2. The highest BCUT2D eigenvalue weighted by Crippen LogP contribution is 2.66. The molecule has 6 heteroatoms. The van der Waals surface area contributed by atoms with Crippen LogP contribution in [-0.4, -0.2) is 37.1 Å². The van der Waals surface area contributed by atoms with E-state index < -0.39 is 0 Å². The minimum absolute atomic E-state index is 0.0410. The number of rotatable bonds is 5. The molecule has 0 radical (unpaired) electrons. The topological polar surface area (TPSA) is 93.8 Å². The third-order valence-electron chi connectivity index (χ3n) is 9.41. The zero-order valence-electron chi connectivity index (χ0n) is 18.9. The maximum Gasteiger partial charge on any atom is 0.216 e. The third kappa shape index (κ3) is 3.59. The molecule has 1 unspecified atom stereocenters. The van der Waals surface area contributed by atoms with Crippen LogP contribution < -0.4 is 11.1 Å². The summed E-state index contributed by atoms with van der Waals surface area (Å²) in [5.74, 6) is 3.25. The van der Waals surface area contributed by atoms with Gasteiger partial charge in [-0.1, -0.05) is 19.0 Å². The Morgan fingerprint density at radius 3 is 2.73 bits per heavy atom. The Hall–Kier alpha value is -1.43. The lowest BCUT2D eigenvalue weighted by molar-refractivity contribution is -0.142. The van der Waals surface area contributed by atoms with E-state index in [1.165, 1.54) is 6.42 Å². The van der Waals surface area contributed by atoms with Crippen molar-refractivity contribution in [3.05, 3.63) is 0 Å². The fourth-order valence-corrected chi connectivity index (χ4v) is 7.85. The van der Waals surface area contributed by atoms with Crippen LogP contribution in [0.3, 0.4) is 0 Å². The smallest absolute Gasteiger partial charge is 0.216 e. The van der Waals surface area contributed by atoms with Gasteiger partial charge in [-0.15, -0.1) is 0 Å². The van der Waals surface area contributed by atoms with Gasteiger partial charge in [0.05, 0.1) is 5.71 Å². The molecule has 1 amide bonds. The van der Waals surface area contributed by atoms with Gasteiger partial charge in [-0.3, -0.25) is 9.59 Å². The number of carbonyl (C=O) groups is 2. The molecule has 0 aliphatic heterocycles. The van der Waals surface area contributed by atoms with E-state index in [1.807, 2.05) is 0 Å². The van der Waals surface area contributed by atoms with E-state index in [4.69, 9.17) is 10.6 Å². The second-order valence-corrected chi connectivity index (χ2v) is 10.8. The molecular weight excluding hydrogens is 378 g/mol. The number of oxime groups is 1. The van der Waals surface area contributed by atoms with E-state index >= 15 is 0 Å². The van der Waals surface area contributed by atoms with E-state index in [-0.39, 0.29) is 16.7 Å². The Bertz CT molecular complexity index is 722. The molecule has 4 aliphatic rings.